The Morgan fingerprint density at radius 1 is 1.30 bits per heavy atom. The van der Waals surface area contributed by atoms with Crippen LogP contribution in [0.1, 0.15) is 50.8 Å². The second-order valence-electron chi connectivity index (χ2n) is 7.34. The van der Waals surface area contributed by atoms with E-state index in [4.69, 9.17) is 0 Å². The molecule has 3 rings (SSSR count). The quantitative estimate of drug-likeness (QED) is 0.915. The van der Waals surface area contributed by atoms with Crippen molar-refractivity contribution in [1.82, 2.24) is 10.2 Å². The first-order valence-corrected chi connectivity index (χ1v) is 8.99. The van der Waals surface area contributed by atoms with Crippen LogP contribution in [0.15, 0.2) is 17.5 Å². The third kappa shape index (κ3) is 3.10. The summed E-state index contributed by atoms with van der Waals surface area (Å²) in [5.41, 5.74) is 0.712. The van der Waals surface area contributed by atoms with Gasteiger partial charge in [-0.1, -0.05) is 39.2 Å². The van der Waals surface area contributed by atoms with Gasteiger partial charge in [-0.15, -0.1) is 11.3 Å². The molecule has 1 aliphatic carbocycles. The summed E-state index contributed by atoms with van der Waals surface area (Å²) < 4.78 is 0. The lowest BCUT2D eigenvalue weighted by molar-refractivity contribution is 0.0859. The minimum Gasteiger partial charge on any atom is -0.309 e. The number of nitrogens with one attached hydrogen (secondary N) is 1. The molecule has 0 radical (unpaired) electrons. The molecule has 0 atom stereocenters. The van der Waals surface area contributed by atoms with Crippen molar-refractivity contribution in [3.05, 3.63) is 22.4 Å². The summed E-state index contributed by atoms with van der Waals surface area (Å²) in [6.45, 7) is 9.61. The molecule has 0 bridgehead atoms. The maximum atomic E-state index is 3.85. The van der Waals surface area contributed by atoms with Gasteiger partial charge in [-0.3, -0.25) is 4.90 Å². The molecule has 20 heavy (non-hydrogen) atoms. The van der Waals surface area contributed by atoms with Gasteiger partial charge in [0.15, 0.2) is 0 Å². The van der Waals surface area contributed by atoms with Crippen molar-refractivity contribution in [2.24, 2.45) is 0 Å². The highest BCUT2D eigenvalue weighted by molar-refractivity contribution is 7.10. The van der Waals surface area contributed by atoms with Gasteiger partial charge in [0.2, 0.25) is 0 Å². The normalized spacial score (nSPS) is 24.1. The lowest BCUT2D eigenvalue weighted by Gasteiger charge is -2.47. The summed E-state index contributed by atoms with van der Waals surface area (Å²) in [5, 5.41) is 6.05. The van der Waals surface area contributed by atoms with Crippen molar-refractivity contribution in [1.29, 1.82) is 0 Å². The highest BCUT2D eigenvalue weighted by atomic mass is 32.1. The number of hydrogen-bond donors (Lipinski definition) is 1. The third-order valence-electron chi connectivity index (χ3n) is 5.07. The maximum absolute atomic E-state index is 3.85. The van der Waals surface area contributed by atoms with Crippen LogP contribution in [0.2, 0.25) is 0 Å². The second-order valence-corrected chi connectivity index (χ2v) is 8.29. The third-order valence-corrected chi connectivity index (χ3v) is 6.31. The highest BCUT2D eigenvalue weighted by Crippen LogP contribution is 2.33. The molecule has 1 aliphatic heterocycles. The summed E-state index contributed by atoms with van der Waals surface area (Å²) in [6.07, 6.45) is 7.01. The Morgan fingerprint density at radius 2 is 2.10 bits per heavy atom. The number of nitrogens with zero attached hydrogens (tertiary/aromatic N) is 1. The van der Waals surface area contributed by atoms with Crippen LogP contribution in [-0.2, 0) is 5.41 Å². The summed E-state index contributed by atoms with van der Waals surface area (Å²) in [6, 6.07) is 4.48. The fraction of sp³-hybridized carbons (Fsp3) is 0.765. The van der Waals surface area contributed by atoms with Gasteiger partial charge in [0.25, 0.3) is 0 Å². The van der Waals surface area contributed by atoms with Gasteiger partial charge < -0.3 is 5.32 Å². The molecular weight excluding hydrogens is 264 g/mol. The van der Waals surface area contributed by atoms with E-state index in [1.165, 1.54) is 63.2 Å². The molecule has 2 heterocycles. The van der Waals surface area contributed by atoms with Gasteiger partial charge in [0.1, 0.15) is 0 Å². The fourth-order valence-electron chi connectivity index (χ4n) is 4.04. The number of piperazine rings is 1. The topological polar surface area (TPSA) is 15.3 Å². The predicted molar refractivity (Wildman–Crippen MR) is 87.6 cm³/mol. The largest absolute Gasteiger partial charge is 0.309 e. The molecule has 2 fully saturated rings. The van der Waals surface area contributed by atoms with Gasteiger partial charge in [-0.05, 0) is 24.3 Å². The molecule has 1 N–H and O–H groups in total. The fourth-order valence-corrected chi connectivity index (χ4v) is 4.89. The first-order valence-electron chi connectivity index (χ1n) is 8.11. The molecule has 0 amide bonds. The summed E-state index contributed by atoms with van der Waals surface area (Å²) in [4.78, 5) is 4.23. The van der Waals surface area contributed by atoms with Crippen LogP contribution >= 0.6 is 11.3 Å². The monoisotopic (exact) mass is 292 g/mol. The van der Waals surface area contributed by atoms with E-state index in [1.807, 2.05) is 11.3 Å². The average molecular weight is 292 g/mol. The Kier molecular flexibility index (Phi) is 4.21. The van der Waals surface area contributed by atoms with Gasteiger partial charge in [-0.2, -0.15) is 0 Å². The van der Waals surface area contributed by atoms with Crippen LogP contribution < -0.4 is 5.32 Å². The minimum absolute atomic E-state index is 0.279. The van der Waals surface area contributed by atoms with Gasteiger partial charge in [0.05, 0.1) is 0 Å². The zero-order valence-electron chi connectivity index (χ0n) is 13.0. The van der Waals surface area contributed by atoms with Crippen molar-refractivity contribution in [3.8, 4) is 0 Å². The lowest BCUT2D eigenvalue weighted by Crippen LogP contribution is -2.62. The number of hydrogen-bond acceptors (Lipinski definition) is 3. The second kappa shape index (κ2) is 5.78. The molecule has 1 saturated carbocycles. The van der Waals surface area contributed by atoms with Crippen LogP contribution in [0, 0.1) is 0 Å². The van der Waals surface area contributed by atoms with Crippen molar-refractivity contribution in [3.63, 3.8) is 0 Å². The molecule has 2 nitrogen and oxygen atoms in total. The Bertz CT molecular complexity index is 413. The Labute approximate surface area is 127 Å². The SMILES string of the molecule is CC(C)(CN1CCNC2(CCCCC2)C1)c1cccs1. The Hall–Kier alpha value is -0.380. The van der Waals surface area contributed by atoms with Crippen LogP contribution in [0.25, 0.3) is 0 Å². The van der Waals surface area contributed by atoms with Crippen molar-refractivity contribution in [2.45, 2.75) is 56.9 Å². The smallest absolute Gasteiger partial charge is 0.0309 e. The van der Waals surface area contributed by atoms with E-state index in [0.717, 1.165) is 0 Å². The Morgan fingerprint density at radius 3 is 2.80 bits per heavy atom. The van der Waals surface area contributed by atoms with Crippen LogP contribution in [0.4, 0.5) is 0 Å². The van der Waals surface area contributed by atoms with E-state index in [0.29, 0.717) is 5.54 Å². The summed E-state index contributed by atoms with van der Waals surface area (Å²) in [7, 11) is 0. The van der Waals surface area contributed by atoms with E-state index >= 15 is 0 Å². The van der Waals surface area contributed by atoms with Crippen molar-refractivity contribution < 1.29 is 0 Å². The van der Waals surface area contributed by atoms with Crippen molar-refractivity contribution in [2.75, 3.05) is 26.2 Å². The number of thiophene rings is 1. The molecule has 1 spiro atoms. The highest BCUT2D eigenvalue weighted by Gasteiger charge is 2.37. The zero-order valence-corrected chi connectivity index (χ0v) is 13.8. The minimum atomic E-state index is 0.279. The van der Waals surface area contributed by atoms with Crippen LogP contribution in [0.3, 0.4) is 0 Å². The maximum Gasteiger partial charge on any atom is 0.0309 e. The molecular formula is C17H28N2S. The van der Waals surface area contributed by atoms with Crippen molar-refractivity contribution >= 4 is 11.3 Å². The van der Waals surface area contributed by atoms with Crippen LogP contribution in [0.5, 0.6) is 0 Å². The van der Waals surface area contributed by atoms with Gasteiger partial charge in [0, 0.05) is 42.0 Å². The first-order chi connectivity index (χ1) is 9.60. The molecule has 112 valence electrons. The summed E-state index contributed by atoms with van der Waals surface area (Å²) >= 11 is 1.90. The predicted octanol–water partition coefficient (Wildman–Crippen LogP) is 3.63. The first kappa shape index (κ1) is 14.6. The molecule has 1 aromatic heterocycles. The van der Waals surface area contributed by atoms with E-state index in [9.17, 15) is 0 Å². The molecule has 3 heteroatoms. The molecule has 0 unspecified atom stereocenters. The van der Waals surface area contributed by atoms with E-state index in [-0.39, 0.29) is 5.41 Å². The molecule has 1 saturated heterocycles. The lowest BCUT2D eigenvalue weighted by atomic mass is 9.79. The molecule has 1 aromatic rings. The molecule has 2 aliphatic rings. The van der Waals surface area contributed by atoms with E-state index in [1.54, 1.807) is 0 Å². The summed E-state index contributed by atoms with van der Waals surface area (Å²) in [5.74, 6) is 0. The standard InChI is InChI=1S/C17H28N2S/c1-16(2,15-7-6-12-20-15)13-19-11-10-18-17(14-19)8-4-3-5-9-17/h6-7,12,18H,3-5,8-11,13-14H2,1-2H3. The molecule has 0 aromatic carbocycles. The average Bonchev–Trinajstić information content (AvgIpc) is 2.94. The number of rotatable bonds is 3. The van der Waals surface area contributed by atoms with E-state index < -0.39 is 0 Å². The van der Waals surface area contributed by atoms with Gasteiger partial charge >= 0.3 is 0 Å². The zero-order chi connectivity index (χ0) is 14.1. The van der Waals surface area contributed by atoms with Gasteiger partial charge in [-0.25, -0.2) is 0 Å². The van der Waals surface area contributed by atoms with E-state index in [2.05, 4.69) is 41.6 Å². The van der Waals surface area contributed by atoms with Crippen LogP contribution in [-0.4, -0.2) is 36.6 Å². The Balaban J connectivity index is 1.65.